The number of hydrogen-bond donors (Lipinski definition) is 1. The van der Waals surface area contributed by atoms with Crippen LogP contribution in [0, 0.1) is 5.82 Å². The predicted molar refractivity (Wildman–Crippen MR) is 135 cm³/mol. The number of halogens is 1. The highest BCUT2D eigenvalue weighted by Crippen LogP contribution is 2.36. The van der Waals surface area contributed by atoms with Crippen LogP contribution in [0.5, 0.6) is 0 Å². The van der Waals surface area contributed by atoms with Gasteiger partial charge >= 0.3 is 0 Å². The summed E-state index contributed by atoms with van der Waals surface area (Å²) >= 11 is 0. The molecule has 0 spiro atoms. The Morgan fingerprint density at radius 3 is 2.43 bits per heavy atom. The molecule has 0 aliphatic carbocycles. The van der Waals surface area contributed by atoms with E-state index in [1.807, 2.05) is 0 Å². The number of benzene rings is 3. The summed E-state index contributed by atoms with van der Waals surface area (Å²) in [6.07, 6.45) is 0. The Balaban J connectivity index is 1.70. The van der Waals surface area contributed by atoms with Gasteiger partial charge in [0, 0.05) is 18.7 Å². The Hall–Kier alpha value is -3.36. The van der Waals surface area contributed by atoms with Gasteiger partial charge in [0.25, 0.3) is 11.8 Å². The molecular weight excluding hydrogens is 465 g/mol. The van der Waals surface area contributed by atoms with Crippen molar-refractivity contribution in [1.29, 1.82) is 0 Å². The molecule has 3 aromatic carbocycles. The second-order valence-corrected chi connectivity index (χ2v) is 9.67. The number of carbonyl (C=O) groups excluding carboxylic acids is 2. The molecule has 8 heteroatoms. The average molecular weight is 494 g/mol. The van der Waals surface area contributed by atoms with Gasteiger partial charge in [-0.1, -0.05) is 38.1 Å². The molecule has 0 fully saturated rings. The summed E-state index contributed by atoms with van der Waals surface area (Å²) in [5.74, 6) is -0.954. The van der Waals surface area contributed by atoms with E-state index in [0.717, 1.165) is 19.6 Å². The fraction of sp³-hybridized carbons (Fsp3) is 0.259. The minimum Gasteiger partial charge on any atom is -0.351 e. The van der Waals surface area contributed by atoms with Crippen molar-refractivity contribution < 1.29 is 18.2 Å². The van der Waals surface area contributed by atoms with Gasteiger partial charge < -0.3 is 15.1 Å². The lowest BCUT2D eigenvalue weighted by atomic mass is 10.1. The van der Waals surface area contributed by atoms with E-state index in [-0.39, 0.29) is 24.2 Å². The summed E-state index contributed by atoms with van der Waals surface area (Å²) < 4.78 is 27.0. The quantitative estimate of drug-likeness (QED) is 0.510. The molecule has 0 bridgehead atoms. The zero-order chi connectivity index (χ0) is 24.9. The zero-order valence-corrected chi connectivity index (χ0v) is 20.6. The molecule has 1 atom stereocenters. The van der Waals surface area contributed by atoms with E-state index in [2.05, 4.69) is 24.1 Å². The van der Waals surface area contributed by atoms with Crippen LogP contribution in [0.3, 0.4) is 0 Å². The largest absolute Gasteiger partial charge is 0.351 e. The molecule has 35 heavy (non-hydrogen) atoms. The number of likely N-dealkylation sites (N-methyl/N-ethyl adjacent to an activating group) is 1. The molecule has 4 rings (SSSR count). The average Bonchev–Trinajstić information content (AvgIpc) is 2.97. The smallest absolute Gasteiger partial charge is 0.259 e. The zero-order valence-electron chi connectivity index (χ0n) is 19.8. The molecule has 1 aliphatic heterocycles. The van der Waals surface area contributed by atoms with Gasteiger partial charge in [-0.2, -0.15) is 0 Å². The van der Waals surface area contributed by atoms with Crippen LogP contribution in [0.2, 0.25) is 0 Å². The number of nitrogens with one attached hydrogen (secondary N) is 1. The Bertz CT molecular complexity index is 1260. The maximum absolute atomic E-state index is 13.6. The Kier molecular flexibility index (Phi) is 7.73. The van der Waals surface area contributed by atoms with E-state index in [0.29, 0.717) is 38.7 Å². The molecule has 1 aliphatic rings. The maximum atomic E-state index is 13.6. The number of carbonyl (C=O) groups is 2. The Labute approximate surface area is 207 Å². The van der Waals surface area contributed by atoms with Crippen molar-refractivity contribution in [1.82, 2.24) is 10.2 Å². The topological polar surface area (TPSA) is 69.7 Å². The molecule has 0 aromatic heterocycles. The van der Waals surface area contributed by atoms with Crippen LogP contribution in [-0.2, 0) is 17.3 Å². The molecule has 1 unspecified atom stereocenters. The number of nitrogens with zero attached hydrogens (tertiary/aromatic N) is 2. The summed E-state index contributed by atoms with van der Waals surface area (Å²) in [5, 5.41) is 2.93. The first-order valence-corrected chi connectivity index (χ1v) is 12.8. The first-order valence-electron chi connectivity index (χ1n) is 11.6. The van der Waals surface area contributed by atoms with Crippen LogP contribution in [0.4, 0.5) is 10.1 Å². The van der Waals surface area contributed by atoms with Crippen LogP contribution in [-0.4, -0.2) is 47.1 Å². The second kappa shape index (κ2) is 10.9. The highest BCUT2D eigenvalue weighted by atomic mass is 32.2. The lowest BCUT2D eigenvalue weighted by molar-refractivity contribution is 0.0945. The highest BCUT2D eigenvalue weighted by molar-refractivity contribution is 7.85. The number of hydrogen-bond acceptors (Lipinski definition) is 4. The summed E-state index contributed by atoms with van der Waals surface area (Å²) in [4.78, 5) is 31.1. The van der Waals surface area contributed by atoms with Crippen molar-refractivity contribution >= 4 is 28.3 Å². The Morgan fingerprint density at radius 2 is 1.71 bits per heavy atom. The van der Waals surface area contributed by atoms with E-state index in [1.165, 1.54) is 17.0 Å². The van der Waals surface area contributed by atoms with E-state index in [9.17, 15) is 18.2 Å². The second-order valence-electron chi connectivity index (χ2n) is 8.25. The molecule has 2 amide bonds. The van der Waals surface area contributed by atoms with Crippen LogP contribution < -0.4 is 10.2 Å². The van der Waals surface area contributed by atoms with Crippen molar-refractivity contribution in [2.45, 2.75) is 30.2 Å². The molecule has 0 saturated carbocycles. The van der Waals surface area contributed by atoms with Gasteiger partial charge in [-0.15, -0.1) is 0 Å². The third kappa shape index (κ3) is 5.33. The van der Waals surface area contributed by atoms with Crippen molar-refractivity contribution in [2.75, 3.05) is 31.1 Å². The molecule has 6 nitrogen and oxygen atoms in total. The minimum absolute atomic E-state index is 0.144. The monoisotopic (exact) mass is 493 g/mol. The lowest BCUT2D eigenvalue weighted by Gasteiger charge is -2.24. The van der Waals surface area contributed by atoms with Crippen LogP contribution >= 0.6 is 0 Å². The van der Waals surface area contributed by atoms with Crippen molar-refractivity contribution in [3.05, 3.63) is 89.2 Å². The summed E-state index contributed by atoms with van der Waals surface area (Å²) in [6, 6.07) is 17.6. The molecule has 1 heterocycles. The van der Waals surface area contributed by atoms with Gasteiger partial charge in [0.05, 0.1) is 38.4 Å². The van der Waals surface area contributed by atoms with E-state index in [1.54, 1.807) is 54.6 Å². The number of amides is 2. The summed E-state index contributed by atoms with van der Waals surface area (Å²) in [7, 11) is -1.61. The highest BCUT2D eigenvalue weighted by Gasteiger charge is 2.31. The van der Waals surface area contributed by atoms with Crippen molar-refractivity contribution in [3.63, 3.8) is 0 Å². The number of fused-ring (bicyclic) bond motifs is 2. The van der Waals surface area contributed by atoms with Gasteiger partial charge in [0.2, 0.25) is 0 Å². The van der Waals surface area contributed by atoms with E-state index in [4.69, 9.17) is 0 Å². The molecular formula is C27H28FN3O3S. The first-order chi connectivity index (χ1) is 16.9. The summed E-state index contributed by atoms with van der Waals surface area (Å²) in [6.45, 7) is 7.32. The SMILES string of the molecule is CCN(CC)CCNC(=O)c1ccc2c(c1)N(Cc1ccc(F)cc1)C(=O)c1ccccc1S2=O. The Morgan fingerprint density at radius 1 is 1.00 bits per heavy atom. The van der Waals surface area contributed by atoms with Crippen LogP contribution in [0.25, 0.3) is 0 Å². The lowest BCUT2D eigenvalue weighted by Crippen LogP contribution is -2.35. The van der Waals surface area contributed by atoms with Crippen LogP contribution in [0.15, 0.2) is 76.5 Å². The normalized spacial score (nSPS) is 14.9. The molecule has 3 aromatic rings. The first kappa shape index (κ1) is 24.8. The molecule has 0 saturated heterocycles. The van der Waals surface area contributed by atoms with Gasteiger partial charge in [-0.3, -0.25) is 9.59 Å². The molecule has 1 N–H and O–H groups in total. The fourth-order valence-corrected chi connectivity index (χ4v) is 5.45. The van der Waals surface area contributed by atoms with E-state index < -0.39 is 10.8 Å². The predicted octanol–water partition coefficient (Wildman–Crippen LogP) is 4.22. The van der Waals surface area contributed by atoms with Crippen molar-refractivity contribution in [2.24, 2.45) is 0 Å². The maximum Gasteiger partial charge on any atom is 0.259 e. The third-order valence-electron chi connectivity index (χ3n) is 6.14. The fourth-order valence-electron chi connectivity index (χ4n) is 4.10. The molecule has 0 radical (unpaired) electrons. The van der Waals surface area contributed by atoms with Gasteiger partial charge in [0.1, 0.15) is 5.82 Å². The number of anilines is 1. The van der Waals surface area contributed by atoms with Crippen molar-refractivity contribution in [3.8, 4) is 0 Å². The van der Waals surface area contributed by atoms with Gasteiger partial charge in [-0.25, -0.2) is 8.60 Å². The van der Waals surface area contributed by atoms with Gasteiger partial charge in [0.15, 0.2) is 0 Å². The van der Waals surface area contributed by atoms with Crippen LogP contribution in [0.1, 0.15) is 40.1 Å². The standard InChI is InChI=1S/C27H28FN3O3S/c1-3-30(4-2)16-15-29-26(32)20-11-14-25-23(17-20)31(18-19-9-12-21(28)13-10-19)27(33)22-7-5-6-8-24(22)35(25)34/h5-14,17H,3-4,15-16,18H2,1-2H3,(H,29,32). The minimum atomic E-state index is -1.61. The van der Waals surface area contributed by atoms with E-state index >= 15 is 0 Å². The molecule has 182 valence electrons. The third-order valence-corrected chi connectivity index (χ3v) is 7.64. The number of rotatable bonds is 8. The summed E-state index contributed by atoms with van der Waals surface area (Å²) in [5.41, 5.74) is 1.84. The van der Waals surface area contributed by atoms with Gasteiger partial charge in [-0.05, 0) is 61.1 Å².